The van der Waals surface area contributed by atoms with Crippen molar-refractivity contribution >= 4 is 21.7 Å². The highest BCUT2D eigenvalue weighted by atomic mass is 79.9. The molecule has 1 saturated carbocycles. The van der Waals surface area contributed by atoms with Crippen LogP contribution < -0.4 is 4.90 Å². The largest absolute Gasteiger partial charge is 0.394 e. The summed E-state index contributed by atoms with van der Waals surface area (Å²) in [7, 11) is 0. The van der Waals surface area contributed by atoms with E-state index in [4.69, 9.17) is 4.98 Å². The Bertz CT molecular complexity index is 436. The summed E-state index contributed by atoms with van der Waals surface area (Å²) in [5.41, 5.74) is 0. The third-order valence-corrected chi connectivity index (χ3v) is 4.18. The molecule has 98 valence electrons. The fourth-order valence-corrected chi connectivity index (χ4v) is 2.97. The van der Waals surface area contributed by atoms with Crippen molar-refractivity contribution in [2.45, 2.75) is 44.1 Å². The van der Waals surface area contributed by atoms with Crippen molar-refractivity contribution in [3.63, 3.8) is 0 Å². The molecule has 2 aliphatic rings. The number of nitrogens with zero attached hydrogens (tertiary/aromatic N) is 3. The first-order valence-corrected chi connectivity index (χ1v) is 7.49. The summed E-state index contributed by atoms with van der Waals surface area (Å²) >= 11 is 3.48. The number of aliphatic hydroxyl groups is 1. The summed E-state index contributed by atoms with van der Waals surface area (Å²) in [4.78, 5) is 11.4. The summed E-state index contributed by atoms with van der Waals surface area (Å²) in [6.07, 6.45) is 5.84. The summed E-state index contributed by atoms with van der Waals surface area (Å²) in [5.74, 6) is 2.48. The maximum absolute atomic E-state index is 9.49. The highest BCUT2D eigenvalue weighted by molar-refractivity contribution is 9.10. The summed E-state index contributed by atoms with van der Waals surface area (Å²) < 4.78 is 0.858. The second-order valence-corrected chi connectivity index (χ2v) is 6.02. The van der Waals surface area contributed by atoms with Gasteiger partial charge in [-0.3, -0.25) is 0 Å². The molecule has 1 aromatic rings. The lowest BCUT2D eigenvalue weighted by Gasteiger charge is -2.35. The van der Waals surface area contributed by atoms with E-state index < -0.39 is 0 Å². The fourth-order valence-electron chi connectivity index (χ4n) is 2.59. The van der Waals surface area contributed by atoms with Crippen molar-refractivity contribution in [1.29, 1.82) is 0 Å². The van der Waals surface area contributed by atoms with Gasteiger partial charge in [-0.1, -0.05) is 0 Å². The summed E-state index contributed by atoms with van der Waals surface area (Å²) in [5, 5.41) is 9.49. The molecule has 1 unspecified atom stereocenters. The predicted molar refractivity (Wildman–Crippen MR) is 73.8 cm³/mol. The Morgan fingerprint density at radius 3 is 2.83 bits per heavy atom. The van der Waals surface area contributed by atoms with Gasteiger partial charge in [-0.2, -0.15) is 0 Å². The molecule has 0 spiro atoms. The SMILES string of the molecule is OCC1CCCCN1c1cc(Br)nc(C2CC2)n1. The van der Waals surface area contributed by atoms with E-state index in [2.05, 4.69) is 25.8 Å². The number of aromatic nitrogens is 2. The van der Waals surface area contributed by atoms with Gasteiger partial charge in [0.2, 0.25) is 0 Å². The molecule has 4 nitrogen and oxygen atoms in total. The number of aliphatic hydroxyl groups excluding tert-OH is 1. The van der Waals surface area contributed by atoms with E-state index in [1.54, 1.807) is 0 Å². The van der Waals surface area contributed by atoms with Crippen LogP contribution in [0.15, 0.2) is 10.7 Å². The highest BCUT2D eigenvalue weighted by Gasteiger charge is 2.29. The average Bonchev–Trinajstić information content (AvgIpc) is 3.22. The molecule has 3 rings (SSSR count). The Labute approximate surface area is 116 Å². The summed E-state index contributed by atoms with van der Waals surface area (Å²) in [6.45, 7) is 1.19. The van der Waals surface area contributed by atoms with Gasteiger partial charge in [-0.25, -0.2) is 9.97 Å². The minimum Gasteiger partial charge on any atom is -0.394 e. The maximum atomic E-state index is 9.49. The molecule has 1 aliphatic carbocycles. The van der Waals surface area contributed by atoms with Gasteiger partial charge < -0.3 is 10.0 Å². The molecule has 0 radical (unpaired) electrons. The molecule has 0 aromatic carbocycles. The smallest absolute Gasteiger partial charge is 0.135 e. The third kappa shape index (κ3) is 2.52. The first kappa shape index (κ1) is 12.4. The van der Waals surface area contributed by atoms with Gasteiger partial charge in [0, 0.05) is 18.5 Å². The molecule has 18 heavy (non-hydrogen) atoms. The van der Waals surface area contributed by atoms with Crippen LogP contribution in [0.3, 0.4) is 0 Å². The van der Waals surface area contributed by atoms with E-state index in [1.165, 1.54) is 25.7 Å². The molecule has 0 bridgehead atoms. The lowest BCUT2D eigenvalue weighted by Crippen LogP contribution is -2.42. The van der Waals surface area contributed by atoms with Gasteiger partial charge in [0.25, 0.3) is 0 Å². The minimum atomic E-state index is 0.209. The molecule has 1 N–H and O–H groups in total. The van der Waals surface area contributed by atoms with Gasteiger partial charge >= 0.3 is 0 Å². The van der Waals surface area contributed by atoms with E-state index in [9.17, 15) is 5.11 Å². The van der Waals surface area contributed by atoms with Crippen molar-refractivity contribution < 1.29 is 5.11 Å². The molecule has 1 saturated heterocycles. The van der Waals surface area contributed by atoms with E-state index in [1.807, 2.05) is 6.07 Å². The monoisotopic (exact) mass is 311 g/mol. The standard InChI is InChI=1S/C13H18BrN3O/c14-11-7-12(16-13(15-11)9-4-5-9)17-6-2-1-3-10(17)8-18/h7,9-10,18H,1-6,8H2. The third-order valence-electron chi connectivity index (χ3n) is 3.77. The number of hydrogen-bond donors (Lipinski definition) is 1. The van der Waals surface area contributed by atoms with Gasteiger partial charge in [0.15, 0.2) is 0 Å². The van der Waals surface area contributed by atoms with Gasteiger partial charge in [0.05, 0.1) is 12.6 Å². The average molecular weight is 312 g/mol. The molecule has 2 fully saturated rings. The highest BCUT2D eigenvalue weighted by Crippen LogP contribution is 2.39. The molecule has 5 heteroatoms. The fraction of sp³-hybridized carbons (Fsp3) is 0.692. The van der Waals surface area contributed by atoms with Crippen LogP contribution in [0.4, 0.5) is 5.82 Å². The molecular formula is C13H18BrN3O. The van der Waals surface area contributed by atoms with Gasteiger partial charge in [-0.15, -0.1) is 0 Å². The topological polar surface area (TPSA) is 49.2 Å². The molecule has 0 amide bonds. The quantitative estimate of drug-likeness (QED) is 0.871. The van der Waals surface area contributed by atoms with E-state index >= 15 is 0 Å². The lowest BCUT2D eigenvalue weighted by atomic mass is 10.0. The molecule has 1 aromatic heterocycles. The minimum absolute atomic E-state index is 0.209. The van der Waals surface area contributed by atoms with Crippen LogP contribution in [-0.2, 0) is 0 Å². The van der Waals surface area contributed by atoms with Crippen molar-refractivity contribution in [1.82, 2.24) is 9.97 Å². The van der Waals surface area contributed by atoms with E-state index in [0.717, 1.165) is 29.2 Å². The Morgan fingerprint density at radius 2 is 2.11 bits per heavy atom. The molecular weight excluding hydrogens is 294 g/mol. The predicted octanol–water partition coefficient (Wildman–Crippen LogP) is 2.47. The second-order valence-electron chi connectivity index (χ2n) is 5.21. The Balaban J connectivity index is 1.89. The number of anilines is 1. The van der Waals surface area contributed by atoms with Crippen LogP contribution in [-0.4, -0.2) is 34.3 Å². The first-order chi connectivity index (χ1) is 8.78. The second kappa shape index (κ2) is 5.13. The van der Waals surface area contributed by atoms with Crippen molar-refractivity contribution in [2.75, 3.05) is 18.1 Å². The van der Waals surface area contributed by atoms with Gasteiger partial charge in [0.1, 0.15) is 16.2 Å². The van der Waals surface area contributed by atoms with E-state index in [0.29, 0.717) is 5.92 Å². The number of hydrogen-bond acceptors (Lipinski definition) is 4. The normalized spacial score (nSPS) is 24.3. The zero-order valence-corrected chi connectivity index (χ0v) is 11.9. The number of rotatable bonds is 3. The zero-order chi connectivity index (χ0) is 12.5. The lowest BCUT2D eigenvalue weighted by molar-refractivity contribution is 0.239. The summed E-state index contributed by atoms with van der Waals surface area (Å²) in [6, 6.07) is 2.19. The van der Waals surface area contributed by atoms with E-state index in [-0.39, 0.29) is 12.6 Å². The first-order valence-electron chi connectivity index (χ1n) is 6.70. The van der Waals surface area contributed by atoms with Crippen LogP contribution >= 0.6 is 15.9 Å². The van der Waals surface area contributed by atoms with Crippen LogP contribution in [0.25, 0.3) is 0 Å². The Morgan fingerprint density at radius 1 is 1.28 bits per heavy atom. The van der Waals surface area contributed by atoms with Crippen molar-refractivity contribution in [3.05, 3.63) is 16.5 Å². The van der Waals surface area contributed by atoms with Crippen molar-refractivity contribution in [3.8, 4) is 0 Å². The molecule has 2 heterocycles. The number of halogens is 1. The molecule has 1 atom stereocenters. The van der Waals surface area contributed by atoms with Crippen LogP contribution in [0.1, 0.15) is 43.8 Å². The molecule has 1 aliphatic heterocycles. The van der Waals surface area contributed by atoms with Crippen LogP contribution in [0.5, 0.6) is 0 Å². The van der Waals surface area contributed by atoms with Crippen molar-refractivity contribution in [2.24, 2.45) is 0 Å². The maximum Gasteiger partial charge on any atom is 0.135 e. The van der Waals surface area contributed by atoms with Crippen LogP contribution in [0.2, 0.25) is 0 Å². The Kier molecular flexibility index (Phi) is 3.52. The number of piperidine rings is 1. The van der Waals surface area contributed by atoms with Gasteiger partial charge in [-0.05, 0) is 48.0 Å². The zero-order valence-electron chi connectivity index (χ0n) is 10.3. The van der Waals surface area contributed by atoms with Crippen LogP contribution in [0, 0.1) is 0 Å². The Hall–Kier alpha value is -0.680.